The number of aromatic nitrogens is 1. The number of rotatable bonds is 3. The van der Waals surface area contributed by atoms with Crippen LogP contribution >= 0.6 is 0 Å². The highest BCUT2D eigenvalue weighted by Gasteiger charge is 2.12. The van der Waals surface area contributed by atoms with E-state index in [9.17, 15) is 4.79 Å². The molecule has 5 nitrogen and oxygen atoms in total. The Morgan fingerprint density at radius 3 is 2.71 bits per heavy atom. The summed E-state index contributed by atoms with van der Waals surface area (Å²) in [6.07, 6.45) is 0. The van der Waals surface area contributed by atoms with Gasteiger partial charge < -0.3 is 14.4 Å². The highest BCUT2D eigenvalue weighted by molar-refractivity contribution is 5.86. The zero-order valence-corrected chi connectivity index (χ0v) is 9.43. The van der Waals surface area contributed by atoms with Crippen LogP contribution in [0, 0.1) is 6.92 Å². The molecule has 0 radical (unpaired) electrons. The first-order valence-corrected chi connectivity index (χ1v) is 4.97. The maximum atomic E-state index is 10.7. The Kier molecular flexibility index (Phi) is 2.82. The van der Waals surface area contributed by atoms with E-state index in [0.29, 0.717) is 5.76 Å². The summed E-state index contributed by atoms with van der Waals surface area (Å²) >= 11 is 0. The lowest BCUT2D eigenvalue weighted by molar-refractivity contribution is 0.0686. The Morgan fingerprint density at radius 2 is 2.18 bits per heavy atom. The summed E-state index contributed by atoms with van der Waals surface area (Å²) in [5, 5.41) is 12.2. The molecule has 1 heterocycles. The monoisotopic (exact) mass is 233 g/mol. The van der Waals surface area contributed by atoms with Crippen LogP contribution in [0.4, 0.5) is 0 Å². The number of carbonyl (C=O) groups is 1. The van der Waals surface area contributed by atoms with E-state index in [4.69, 9.17) is 14.4 Å². The highest BCUT2D eigenvalue weighted by atomic mass is 16.5. The Labute approximate surface area is 97.6 Å². The second-order valence-electron chi connectivity index (χ2n) is 3.57. The summed E-state index contributed by atoms with van der Waals surface area (Å²) in [6.45, 7) is 1.90. The lowest BCUT2D eigenvalue weighted by Gasteiger charge is -2.04. The molecule has 1 N–H and O–H groups in total. The zero-order chi connectivity index (χ0) is 12.4. The molecule has 1 aromatic carbocycles. The Hall–Kier alpha value is -2.30. The molecule has 0 spiro atoms. The molecule has 5 heteroatoms. The van der Waals surface area contributed by atoms with Gasteiger partial charge in [-0.1, -0.05) is 5.16 Å². The molecular formula is C12H11NO4. The summed E-state index contributed by atoms with van der Waals surface area (Å²) < 4.78 is 10.1. The summed E-state index contributed by atoms with van der Waals surface area (Å²) in [4.78, 5) is 10.7. The van der Waals surface area contributed by atoms with Crippen molar-refractivity contribution in [3.05, 3.63) is 35.5 Å². The number of aromatic carboxylic acids is 1. The van der Waals surface area contributed by atoms with Crippen molar-refractivity contribution in [2.45, 2.75) is 6.92 Å². The first-order chi connectivity index (χ1) is 8.11. The third-order valence-corrected chi connectivity index (χ3v) is 2.41. The molecule has 1 aromatic heterocycles. The number of carboxylic acid groups (broad SMARTS) is 1. The molecule has 0 aliphatic heterocycles. The van der Waals surface area contributed by atoms with Gasteiger partial charge in [-0.2, -0.15) is 0 Å². The molecule has 17 heavy (non-hydrogen) atoms. The lowest BCUT2D eigenvalue weighted by Crippen LogP contribution is -1.94. The van der Waals surface area contributed by atoms with Gasteiger partial charge in [0, 0.05) is 11.6 Å². The number of ether oxygens (including phenoxy) is 1. The van der Waals surface area contributed by atoms with Crippen LogP contribution in [0.15, 0.2) is 28.8 Å². The van der Waals surface area contributed by atoms with Gasteiger partial charge in [-0.15, -0.1) is 0 Å². The predicted octanol–water partition coefficient (Wildman–Crippen LogP) is 2.36. The number of carboxylic acids is 1. The largest absolute Gasteiger partial charge is 0.496 e. The van der Waals surface area contributed by atoms with Gasteiger partial charge in [0.1, 0.15) is 5.75 Å². The zero-order valence-electron chi connectivity index (χ0n) is 9.43. The minimum absolute atomic E-state index is 0.103. The first-order valence-electron chi connectivity index (χ1n) is 4.97. The summed E-state index contributed by atoms with van der Waals surface area (Å²) in [7, 11) is 1.60. The van der Waals surface area contributed by atoms with Crippen LogP contribution < -0.4 is 4.74 Å². The van der Waals surface area contributed by atoms with Crippen molar-refractivity contribution in [2.24, 2.45) is 0 Å². The van der Waals surface area contributed by atoms with Crippen molar-refractivity contribution < 1.29 is 19.2 Å². The van der Waals surface area contributed by atoms with E-state index in [1.165, 1.54) is 6.07 Å². The van der Waals surface area contributed by atoms with Gasteiger partial charge in [-0.05, 0) is 30.7 Å². The van der Waals surface area contributed by atoms with Crippen molar-refractivity contribution in [1.82, 2.24) is 5.16 Å². The third kappa shape index (κ3) is 2.13. The van der Waals surface area contributed by atoms with Crippen molar-refractivity contribution in [1.29, 1.82) is 0 Å². The molecular weight excluding hydrogens is 222 g/mol. The van der Waals surface area contributed by atoms with Crippen LogP contribution in [0.3, 0.4) is 0 Å². The molecule has 2 rings (SSSR count). The normalized spacial score (nSPS) is 10.2. The summed E-state index contributed by atoms with van der Waals surface area (Å²) in [5.41, 5.74) is 1.61. The average Bonchev–Trinajstić information content (AvgIpc) is 2.78. The number of hydrogen-bond donors (Lipinski definition) is 1. The predicted molar refractivity (Wildman–Crippen MR) is 60.2 cm³/mol. The van der Waals surface area contributed by atoms with E-state index < -0.39 is 5.97 Å². The molecule has 0 saturated heterocycles. The van der Waals surface area contributed by atoms with Gasteiger partial charge in [0.25, 0.3) is 0 Å². The van der Waals surface area contributed by atoms with Crippen molar-refractivity contribution in [3.63, 3.8) is 0 Å². The standard InChI is InChI=1S/C12H11NO4/c1-7-5-8(3-4-10(7)16-2)11-6-9(12(14)15)13-17-11/h3-6H,1-2H3,(H,14,15). The SMILES string of the molecule is COc1ccc(-c2cc(C(=O)O)no2)cc1C. The first kappa shape index (κ1) is 11.2. The van der Waals surface area contributed by atoms with Crippen molar-refractivity contribution >= 4 is 5.97 Å². The lowest BCUT2D eigenvalue weighted by atomic mass is 10.1. The smallest absolute Gasteiger partial charge is 0.358 e. The van der Waals surface area contributed by atoms with E-state index in [-0.39, 0.29) is 5.69 Å². The molecule has 0 saturated carbocycles. The Balaban J connectivity index is 2.39. The number of methoxy groups -OCH3 is 1. The van der Waals surface area contributed by atoms with E-state index in [1.807, 2.05) is 13.0 Å². The van der Waals surface area contributed by atoms with Crippen molar-refractivity contribution in [3.8, 4) is 17.1 Å². The average molecular weight is 233 g/mol. The van der Waals surface area contributed by atoms with Crippen LogP contribution in [0.5, 0.6) is 5.75 Å². The van der Waals surface area contributed by atoms with Crippen LogP contribution in [0.25, 0.3) is 11.3 Å². The second-order valence-corrected chi connectivity index (χ2v) is 3.57. The topological polar surface area (TPSA) is 72.6 Å². The fourth-order valence-corrected chi connectivity index (χ4v) is 1.54. The fraction of sp³-hybridized carbons (Fsp3) is 0.167. The van der Waals surface area contributed by atoms with E-state index in [2.05, 4.69) is 5.16 Å². The fourth-order valence-electron chi connectivity index (χ4n) is 1.54. The van der Waals surface area contributed by atoms with Crippen LogP contribution in [-0.2, 0) is 0 Å². The number of hydrogen-bond acceptors (Lipinski definition) is 4. The molecule has 0 atom stereocenters. The number of aryl methyl sites for hydroxylation is 1. The molecule has 0 fully saturated rings. The third-order valence-electron chi connectivity index (χ3n) is 2.41. The maximum absolute atomic E-state index is 10.7. The van der Waals surface area contributed by atoms with Gasteiger partial charge in [0.15, 0.2) is 11.5 Å². The Bertz CT molecular complexity index is 559. The van der Waals surface area contributed by atoms with Crippen LogP contribution in [0.2, 0.25) is 0 Å². The van der Waals surface area contributed by atoms with E-state index >= 15 is 0 Å². The molecule has 0 aliphatic rings. The number of nitrogens with zero attached hydrogens (tertiary/aromatic N) is 1. The molecule has 0 amide bonds. The van der Waals surface area contributed by atoms with Gasteiger partial charge in [-0.3, -0.25) is 0 Å². The maximum Gasteiger partial charge on any atom is 0.358 e. The molecule has 0 unspecified atom stereocenters. The Morgan fingerprint density at radius 1 is 1.41 bits per heavy atom. The molecule has 88 valence electrons. The second kappa shape index (κ2) is 4.29. The summed E-state index contributed by atoms with van der Waals surface area (Å²) in [6, 6.07) is 6.83. The van der Waals surface area contributed by atoms with Gasteiger partial charge in [0.05, 0.1) is 7.11 Å². The quantitative estimate of drug-likeness (QED) is 0.880. The molecule has 0 bridgehead atoms. The number of benzene rings is 1. The summed E-state index contributed by atoms with van der Waals surface area (Å²) in [5.74, 6) is 0.0881. The van der Waals surface area contributed by atoms with Gasteiger partial charge in [0.2, 0.25) is 0 Å². The molecule has 0 aliphatic carbocycles. The van der Waals surface area contributed by atoms with Crippen LogP contribution in [-0.4, -0.2) is 23.3 Å². The van der Waals surface area contributed by atoms with E-state index in [1.54, 1.807) is 19.2 Å². The van der Waals surface area contributed by atoms with Crippen molar-refractivity contribution in [2.75, 3.05) is 7.11 Å². The van der Waals surface area contributed by atoms with Gasteiger partial charge >= 0.3 is 5.97 Å². The minimum Gasteiger partial charge on any atom is -0.496 e. The highest BCUT2D eigenvalue weighted by Crippen LogP contribution is 2.26. The minimum atomic E-state index is -1.11. The molecule has 2 aromatic rings. The van der Waals surface area contributed by atoms with E-state index in [0.717, 1.165) is 16.9 Å². The van der Waals surface area contributed by atoms with Gasteiger partial charge in [-0.25, -0.2) is 4.79 Å². The van der Waals surface area contributed by atoms with Crippen LogP contribution in [0.1, 0.15) is 16.1 Å².